The third-order valence-corrected chi connectivity index (χ3v) is 4.48. The lowest BCUT2D eigenvalue weighted by molar-refractivity contribution is -0.149. The number of aliphatic carboxylic acids is 1. The Morgan fingerprint density at radius 3 is 2.57 bits per heavy atom. The Bertz CT molecular complexity index is 541. The highest BCUT2D eigenvalue weighted by molar-refractivity contribution is 5.84. The molecule has 0 bridgehead atoms. The van der Waals surface area contributed by atoms with Crippen LogP contribution in [0.1, 0.15) is 43.4 Å². The predicted molar refractivity (Wildman–Crippen MR) is 79.6 cm³/mol. The molecule has 5 heteroatoms. The van der Waals surface area contributed by atoms with Crippen molar-refractivity contribution in [2.45, 2.75) is 45.2 Å². The van der Waals surface area contributed by atoms with Gasteiger partial charge in [-0.3, -0.25) is 9.59 Å². The summed E-state index contributed by atoms with van der Waals surface area (Å²) in [6.45, 7) is 3.65. The largest absolute Gasteiger partial charge is 0.481 e. The second-order valence-electron chi connectivity index (χ2n) is 6.06. The second kappa shape index (κ2) is 5.85. The van der Waals surface area contributed by atoms with Crippen molar-refractivity contribution < 1.29 is 14.7 Å². The van der Waals surface area contributed by atoms with Gasteiger partial charge in [0.25, 0.3) is 0 Å². The van der Waals surface area contributed by atoms with E-state index in [2.05, 4.69) is 5.32 Å². The number of carboxylic acid groups (broad SMARTS) is 1. The molecule has 0 spiro atoms. The van der Waals surface area contributed by atoms with E-state index in [0.29, 0.717) is 12.8 Å². The smallest absolute Gasteiger partial charge is 0.311 e. The Labute approximate surface area is 124 Å². The van der Waals surface area contributed by atoms with Crippen molar-refractivity contribution in [2.75, 3.05) is 0 Å². The van der Waals surface area contributed by atoms with Crippen molar-refractivity contribution in [3.63, 3.8) is 0 Å². The van der Waals surface area contributed by atoms with Crippen molar-refractivity contribution >= 4 is 11.9 Å². The standard InChI is InChI=1S/C16H22N2O3/c1-10-5-7-11(8-6-10)13(17)14(19)18-12-4-3-9-16(12,2)15(20)21/h5-8,12-13H,3-4,9,17H2,1-2H3,(H,18,19)(H,20,21). The minimum atomic E-state index is -0.900. The summed E-state index contributed by atoms with van der Waals surface area (Å²) in [6, 6.07) is 6.32. The average Bonchev–Trinajstić information content (AvgIpc) is 2.81. The lowest BCUT2D eigenvalue weighted by Gasteiger charge is -2.28. The number of benzene rings is 1. The first-order valence-corrected chi connectivity index (χ1v) is 7.20. The number of carboxylic acids is 1. The number of nitrogens with one attached hydrogen (secondary N) is 1. The van der Waals surface area contributed by atoms with Gasteiger partial charge in [0.2, 0.25) is 5.91 Å². The number of carbonyl (C=O) groups excluding carboxylic acids is 1. The molecular formula is C16H22N2O3. The third kappa shape index (κ3) is 3.08. The molecule has 4 N–H and O–H groups in total. The van der Waals surface area contributed by atoms with Crippen LogP contribution in [-0.4, -0.2) is 23.0 Å². The Morgan fingerprint density at radius 1 is 1.38 bits per heavy atom. The van der Waals surface area contributed by atoms with Gasteiger partial charge in [0, 0.05) is 6.04 Å². The van der Waals surface area contributed by atoms with Gasteiger partial charge >= 0.3 is 5.97 Å². The molecule has 1 aromatic carbocycles. The monoisotopic (exact) mass is 290 g/mol. The molecule has 0 saturated heterocycles. The molecule has 0 radical (unpaired) electrons. The number of carbonyl (C=O) groups is 2. The fraction of sp³-hybridized carbons (Fsp3) is 0.500. The summed E-state index contributed by atoms with van der Waals surface area (Å²) >= 11 is 0. The number of rotatable bonds is 4. The summed E-state index contributed by atoms with van der Waals surface area (Å²) < 4.78 is 0. The van der Waals surface area contributed by atoms with E-state index in [1.807, 2.05) is 31.2 Å². The van der Waals surface area contributed by atoms with E-state index < -0.39 is 17.4 Å². The topological polar surface area (TPSA) is 92.4 Å². The fourth-order valence-corrected chi connectivity index (χ4v) is 2.84. The van der Waals surface area contributed by atoms with Crippen LogP contribution >= 0.6 is 0 Å². The van der Waals surface area contributed by atoms with Gasteiger partial charge in [-0.15, -0.1) is 0 Å². The zero-order chi connectivity index (χ0) is 15.6. The van der Waals surface area contributed by atoms with Gasteiger partial charge in [-0.25, -0.2) is 0 Å². The van der Waals surface area contributed by atoms with Crippen molar-refractivity contribution in [3.8, 4) is 0 Å². The van der Waals surface area contributed by atoms with Crippen LogP contribution in [-0.2, 0) is 9.59 Å². The van der Waals surface area contributed by atoms with Gasteiger partial charge in [0.15, 0.2) is 0 Å². The predicted octanol–water partition coefficient (Wildman–Crippen LogP) is 1.75. The summed E-state index contributed by atoms with van der Waals surface area (Å²) in [6.07, 6.45) is 2.05. The van der Waals surface area contributed by atoms with E-state index >= 15 is 0 Å². The van der Waals surface area contributed by atoms with Crippen LogP contribution in [0.4, 0.5) is 0 Å². The van der Waals surface area contributed by atoms with Crippen molar-refractivity contribution in [3.05, 3.63) is 35.4 Å². The van der Waals surface area contributed by atoms with Gasteiger partial charge in [-0.1, -0.05) is 36.2 Å². The van der Waals surface area contributed by atoms with Crippen LogP contribution < -0.4 is 11.1 Å². The minimum absolute atomic E-state index is 0.321. The van der Waals surface area contributed by atoms with Crippen molar-refractivity contribution in [1.82, 2.24) is 5.32 Å². The molecule has 1 saturated carbocycles. The molecule has 5 nitrogen and oxygen atoms in total. The lowest BCUT2D eigenvalue weighted by Crippen LogP contribution is -2.49. The molecule has 21 heavy (non-hydrogen) atoms. The van der Waals surface area contributed by atoms with E-state index in [1.165, 1.54) is 0 Å². The van der Waals surface area contributed by atoms with Crippen LogP contribution in [0.2, 0.25) is 0 Å². The highest BCUT2D eigenvalue weighted by atomic mass is 16.4. The van der Waals surface area contributed by atoms with Crippen LogP contribution in [0.3, 0.4) is 0 Å². The van der Waals surface area contributed by atoms with Gasteiger partial charge in [-0.05, 0) is 32.3 Å². The van der Waals surface area contributed by atoms with E-state index in [-0.39, 0.29) is 11.9 Å². The summed E-state index contributed by atoms with van der Waals surface area (Å²) in [5.74, 6) is -1.19. The minimum Gasteiger partial charge on any atom is -0.481 e. The second-order valence-corrected chi connectivity index (χ2v) is 6.06. The first kappa shape index (κ1) is 15.5. The molecule has 1 aliphatic carbocycles. The van der Waals surface area contributed by atoms with Gasteiger partial charge in [0.05, 0.1) is 5.41 Å². The van der Waals surface area contributed by atoms with Crippen molar-refractivity contribution in [2.24, 2.45) is 11.1 Å². The maximum absolute atomic E-state index is 12.3. The average molecular weight is 290 g/mol. The number of aryl methyl sites for hydroxylation is 1. The Balaban J connectivity index is 2.07. The normalized spacial score (nSPS) is 26.3. The molecule has 0 aromatic heterocycles. The van der Waals surface area contributed by atoms with Gasteiger partial charge in [-0.2, -0.15) is 0 Å². The highest BCUT2D eigenvalue weighted by Crippen LogP contribution is 2.38. The molecule has 114 valence electrons. The zero-order valence-electron chi connectivity index (χ0n) is 12.4. The number of nitrogens with two attached hydrogens (primary N) is 1. The Hall–Kier alpha value is -1.88. The molecule has 0 heterocycles. The molecule has 3 atom stereocenters. The quantitative estimate of drug-likeness (QED) is 0.787. The first-order valence-electron chi connectivity index (χ1n) is 7.20. The van der Waals surface area contributed by atoms with Crippen LogP contribution in [0.25, 0.3) is 0 Å². The number of hydrogen-bond acceptors (Lipinski definition) is 3. The van der Waals surface area contributed by atoms with E-state index in [4.69, 9.17) is 5.73 Å². The fourth-order valence-electron chi connectivity index (χ4n) is 2.84. The summed E-state index contributed by atoms with van der Waals surface area (Å²) in [4.78, 5) is 23.7. The van der Waals surface area contributed by atoms with Gasteiger partial charge < -0.3 is 16.2 Å². The van der Waals surface area contributed by atoms with Crippen LogP contribution in [0.15, 0.2) is 24.3 Å². The number of amides is 1. The Kier molecular flexibility index (Phi) is 4.32. The number of hydrogen-bond donors (Lipinski definition) is 3. The van der Waals surface area contributed by atoms with E-state index in [9.17, 15) is 14.7 Å². The van der Waals surface area contributed by atoms with Crippen LogP contribution in [0, 0.1) is 12.3 Å². The maximum Gasteiger partial charge on any atom is 0.311 e. The van der Waals surface area contributed by atoms with E-state index in [1.54, 1.807) is 6.92 Å². The van der Waals surface area contributed by atoms with Crippen molar-refractivity contribution in [1.29, 1.82) is 0 Å². The first-order chi connectivity index (χ1) is 9.84. The molecule has 0 aliphatic heterocycles. The molecule has 1 aliphatic rings. The molecule has 2 rings (SSSR count). The Morgan fingerprint density at radius 2 is 2.00 bits per heavy atom. The molecular weight excluding hydrogens is 268 g/mol. The SMILES string of the molecule is Cc1ccc(C(N)C(=O)NC2CCCC2(C)C(=O)O)cc1. The lowest BCUT2D eigenvalue weighted by atomic mass is 9.84. The summed E-state index contributed by atoms with van der Waals surface area (Å²) in [7, 11) is 0. The molecule has 1 aromatic rings. The van der Waals surface area contributed by atoms with Crippen LogP contribution in [0.5, 0.6) is 0 Å². The summed E-state index contributed by atoms with van der Waals surface area (Å²) in [5.41, 5.74) is 6.90. The molecule has 3 unspecified atom stereocenters. The molecule has 1 amide bonds. The third-order valence-electron chi connectivity index (χ3n) is 4.48. The summed E-state index contributed by atoms with van der Waals surface area (Å²) in [5, 5.41) is 12.2. The highest BCUT2D eigenvalue weighted by Gasteiger charge is 2.46. The van der Waals surface area contributed by atoms with Gasteiger partial charge in [0.1, 0.15) is 6.04 Å². The van der Waals surface area contributed by atoms with E-state index in [0.717, 1.165) is 17.5 Å². The maximum atomic E-state index is 12.3. The zero-order valence-corrected chi connectivity index (χ0v) is 12.4. The molecule has 1 fully saturated rings.